The SMILES string of the molecule is Cc1c(C(=O)NCCN2CCN(c3ncccn3)CC2)nnn1-c1cccc([N+](=O)[O-])c1. The molecule has 12 nitrogen and oxygen atoms in total. The Morgan fingerprint density at radius 2 is 1.91 bits per heavy atom. The number of hydrogen-bond acceptors (Lipinski definition) is 9. The van der Waals surface area contributed by atoms with Crippen LogP contribution in [-0.2, 0) is 0 Å². The predicted molar refractivity (Wildman–Crippen MR) is 116 cm³/mol. The van der Waals surface area contributed by atoms with Gasteiger partial charge in [0.2, 0.25) is 5.95 Å². The number of nitrogens with one attached hydrogen (secondary N) is 1. The molecule has 32 heavy (non-hydrogen) atoms. The number of carbonyl (C=O) groups excluding carboxylic acids is 1. The van der Waals surface area contributed by atoms with E-state index >= 15 is 0 Å². The van der Waals surface area contributed by atoms with Gasteiger partial charge >= 0.3 is 0 Å². The Morgan fingerprint density at radius 3 is 2.62 bits per heavy atom. The summed E-state index contributed by atoms with van der Waals surface area (Å²) in [6.07, 6.45) is 3.48. The molecular formula is C20H23N9O3. The first-order valence-corrected chi connectivity index (χ1v) is 10.2. The zero-order valence-electron chi connectivity index (χ0n) is 17.6. The van der Waals surface area contributed by atoms with Gasteiger partial charge in [-0.25, -0.2) is 14.6 Å². The molecule has 166 valence electrons. The van der Waals surface area contributed by atoms with Crippen LogP contribution >= 0.6 is 0 Å². The number of benzene rings is 1. The minimum absolute atomic E-state index is 0.0534. The summed E-state index contributed by atoms with van der Waals surface area (Å²) in [4.78, 5) is 36.1. The van der Waals surface area contributed by atoms with E-state index in [4.69, 9.17) is 0 Å². The second-order valence-electron chi connectivity index (χ2n) is 7.35. The highest BCUT2D eigenvalue weighted by atomic mass is 16.6. The molecule has 1 N–H and O–H groups in total. The first-order valence-electron chi connectivity index (χ1n) is 10.2. The van der Waals surface area contributed by atoms with E-state index < -0.39 is 4.92 Å². The van der Waals surface area contributed by atoms with Crippen molar-refractivity contribution in [3.05, 3.63) is 64.2 Å². The number of carbonyl (C=O) groups is 1. The summed E-state index contributed by atoms with van der Waals surface area (Å²) >= 11 is 0. The molecular weight excluding hydrogens is 414 g/mol. The van der Waals surface area contributed by atoms with Gasteiger partial charge in [0.05, 0.1) is 16.3 Å². The van der Waals surface area contributed by atoms with Gasteiger partial charge in [-0.2, -0.15) is 0 Å². The van der Waals surface area contributed by atoms with Crippen LogP contribution in [0, 0.1) is 17.0 Å². The van der Waals surface area contributed by atoms with Crippen molar-refractivity contribution in [2.24, 2.45) is 0 Å². The maximum Gasteiger partial charge on any atom is 0.273 e. The van der Waals surface area contributed by atoms with E-state index in [1.165, 1.54) is 16.8 Å². The molecule has 0 spiro atoms. The minimum atomic E-state index is -0.476. The lowest BCUT2D eigenvalue weighted by atomic mass is 10.2. The van der Waals surface area contributed by atoms with E-state index in [9.17, 15) is 14.9 Å². The van der Waals surface area contributed by atoms with Crippen LogP contribution in [0.25, 0.3) is 5.69 Å². The first-order chi connectivity index (χ1) is 15.5. The molecule has 1 amide bonds. The zero-order chi connectivity index (χ0) is 22.5. The monoisotopic (exact) mass is 437 g/mol. The molecule has 3 heterocycles. The molecule has 3 aromatic rings. The van der Waals surface area contributed by atoms with Crippen LogP contribution in [0.1, 0.15) is 16.2 Å². The molecule has 0 bridgehead atoms. The Balaban J connectivity index is 1.29. The van der Waals surface area contributed by atoms with E-state index in [1.54, 1.807) is 37.5 Å². The van der Waals surface area contributed by atoms with E-state index in [1.807, 2.05) is 0 Å². The van der Waals surface area contributed by atoms with Gasteiger partial charge in [0.25, 0.3) is 11.6 Å². The van der Waals surface area contributed by atoms with Crippen molar-refractivity contribution in [1.29, 1.82) is 0 Å². The fraction of sp³-hybridized carbons (Fsp3) is 0.350. The average Bonchev–Trinajstić information content (AvgIpc) is 3.21. The molecule has 0 saturated carbocycles. The lowest BCUT2D eigenvalue weighted by Crippen LogP contribution is -2.49. The van der Waals surface area contributed by atoms with Crippen molar-refractivity contribution in [3.8, 4) is 5.69 Å². The highest BCUT2D eigenvalue weighted by molar-refractivity contribution is 5.93. The average molecular weight is 437 g/mol. The number of amides is 1. The zero-order valence-corrected chi connectivity index (χ0v) is 17.6. The molecule has 0 radical (unpaired) electrons. The van der Waals surface area contributed by atoms with Gasteiger partial charge in [-0.1, -0.05) is 11.3 Å². The molecule has 1 aliphatic heterocycles. The minimum Gasteiger partial charge on any atom is -0.349 e. The standard InChI is InChI=1S/C20H23N9O3/c1-15-18(24-25-28(15)16-4-2-5-17(14-16)29(31)32)19(30)21-8-9-26-10-12-27(13-11-26)20-22-6-3-7-23-20/h2-7,14H,8-13H2,1H3,(H,21,30). The highest BCUT2D eigenvalue weighted by Crippen LogP contribution is 2.18. The molecule has 0 unspecified atom stereocenters. The topological polar surface area (TPSA) is 135 Å². The Hall–Kier alpha value is -3.93. The number of anilines is 1. The van der Waals surface area contributed by atoms with Gasteiger partial charge < -0.3 is 10.2 Å². The molecule has 1 aliphatic rings. The summed E-state index contributed by atoms with van der Waals surface area (Å²) in [5.41, 5.74) is 1.13. The van der Waals surface area contributed by atoms with Gasteiger partial charge in [0.15, 0.2) is 5.69 Å². The Morgan fingerprint density at radius 1 is 1.16 bits per heavy atom. The lowest BCUT2D eigenvalue weighted by molar-refractivity contribution is -0.384. The van der Waals surface area contributed by atoms with E-state index in [0.717, 1.165) is 32.1 Å². The third kappa shape index (κ3) is 4.70. The molecule has 2 aromatic heterocycles. The van der Waals surface area contributed by atoms with Crippen LogP contribution in [0.2, 0.25) is 0 Å². The molecule has 0 atom stereocenters. The van der Waals surface area contributed by atoms with Gasteiger partial charge in [-0.05, 0) is 19.1 Å². The summed E-state index contributed by atoms with van der Waals surface area (Å²) < 4.78 is 1.42. The fourth-order valence-electron chi connectivity index (χ4n) is 3.56. The maximum atomic E-state index is 12.6. The third-order valence-electron chi connectivity index (χ3n) is 5.32. The molecule has 1 aromatic carbocycles. The smallest absolute Gasteiger partial charge is 0.273 e. The van der Waals surface area contributed by atoms with Gasteiger partial charge in [-0.15, -0.1) is 5.10 Å². The largest absolute Gasteiger partial charge is 0.349 e. The van der Waals surface area contributed by atoms with Crippen LogP contribution in [0.15, 0.2) is 42.7 Å². The lowest BCUT2D eigenvalue weighted by Gasteiger charge is -2.34. The van der Waals surface area contributed by atoms with Crippen LogP contribution in [0.3, 0.4) is 0 Å². The Kier molecular flexibility index (Phi) is 6.31. The summed E-state index contributed by atoms with van der Waals surface area (Å²) in [5, 5.41) is 21.9. The van der Waals surface area contributed by atoms with Gasteiger partial charge in [0, 0.05) is 63.8 Å². The fourth-order valence-corrected chi connectivity index (χ4v) is 3.56. The number of nitro benzene ring substituents is 1. The predicted octanol–water partition coefficient (Wildman–Crippen LogP) is 0.826. The van der Waals surface area contributed by atoms with Crippen LogP contribution in [0.4, 0.5) is 11.6 Å². The number of piperazine rings is 1. The molecule has 12 heteroatoms. The van der Waals surface area contributed by atoms with Gasteiger partial charge in [0.1, 0.15) is 0 Å². The second kappa shape index (κ2) is 9.47. The van der Waals surface area contributed by atoms with Gasteiger partial charge in [-0.3, -0.25) is 19.8 Å². The highest BCUT2D eigenvalue weighted by Gasteiger charge is 2.20. The van der Waals surface area contributed by atoms with E-state index in [0.29, 0.717) is 24.5 Å². The van der Waals surface area contributed by atoms with Crippen molar-refractivity contribution >= 4 is 17.5 Å². The Bertz CT molecular complexity index is 1090. The number of nitrogens with zero attached hydrogens (tertiary/aromatic N) is 8. The van der Waals surface area contributed by atoms with Crippen molar-refractivity contribution in [2.75, 3.05) is 44.2 Å². The number of nitro groups is 1. The van der Waals surface area contributed by atoms with E-state index in [-0.39, 0.29) is 17.3 Å². The molecule has 1 saturated heterocycles. The first kappa shape index (κ1) is 21.3. The van der Waals surface area contributed by atoms with Crippen molar-refractivity contribution in [2.45, 2.75) is 6.92 Å². The normalized spacial score (nSPS) is 14.3. The third-order valence-corrected chi connectivity index (χ3v) is 5.32. The summed E-state index contributed by atoms with van der Waals surface area (Å²) in [6, 6.07) is 7.83. The van der Waals surface area contributed by atoms with Crippen molar-refractivity contribution in [3.63, 3.8) is 0 Å². The summed E-state index contributed by atoms with van der Waals surface area (Å²) in [5.74, 6) is 0.415. The number of hydrogen-bond donors (Lipinski definition) is 1. The van der Waals surface area contributed by atoms with Crippen LogP contribution < -0.4 is 10.2 Å². The van der Waals surface area contributed by atoms with E-state index in [2.05, 4.69) is 35.4 Å². The van der Waals surface area contributed by atoms with Crippen molar-refractivity contribution in [1.82, 2.24) is 35.2 Å². The number of aromatic nitrogens is 5. The molecule has 1 fully saturated rings. The maximum absolute atomic E-state index is 12.6. The quantitative estimate of drug-likeness (QED) is 0.421. The Labute approximate surface area is 184 Å². The van der Waals surface area contributed by atoms with Crippen LogP contribution in [-0.4, -0.2) is 80.0 Å². The number of non-ortho nitro benzene ring substituents is 1. The van der Waals surface area contributed by atoms with Crippen LogP contribution in [0.5, 0.6) is 0 Å². The summed E-state index contributed by atoms with van der Waals surface area (Å²) in [6.45, 7) is 6.27. The van der Waals surface area contributed by atoms with Crippen molar-refractivity contribution < 1.29 is 9.72 Å². The molecule has 4 rings (SSSR count). The summed E-state index contributed by atoms with van der Waals surface area (Å²) in [7, 11) is 0. The second-order valence-corrected chi connectivity index (χ2v) is 7.35. The molecule has 0 aliphatic carbocycles. The number of rotatable bonds is 7.